The molecule has 1 rings (SSSR count). The van der Waals surface area contributed by atoms with Gasteiger partial charge in [-0.2, -0.15) is 4.31 Å². The number of hydrogen-bond donors (Lipinski definition) is 0. The third kappa shape index (κ3) is 3.18. The largest absolute Gasteiger partial charge is 0.246 e. The van der Waals surface area contributed by atoms with Crippen LogP contribution in [0.4, 0.5) is 0 Å². The molecule has 0 amide bonds. The average Bonchev–Trinajstić information content (AvgIpc) is 2.28. The summed E-state index contributed by atoms with van der Waals surface area (Å²) in [7, 11) is -1.98. The van der Waals surface area contributed by atoms with E-state index in [1.165, 1.54) is 16.6 Å². The molecule has 0 spiro atoms. The van der Waals surface area contributed by atoms with Crippen molar-refractivity contribution in [1.82, 2.24) is 9.29 Å². The highest BCUT2D eigenvalue weighted by atomic mass is 35.5. The number of nitrogens with zero attached hydrogens (tertiary/aromatic N) is 2. The summed E-state index contributed by atoms with van der Waals surface area (Å²) in [5, 5.41) is 0.0167. The molecule has 1 heterocycles. The zero-order valence-corrected chi connectivity index (χ0v) is 11.8. The lowest BCUT2D eigenvalue weighted by atomic mass is 10.2. The second-order valence-corrected chi connectivity index (χ2v) is 6.28. The summed E-state index contributed by atoms with van der Waals surface area (Å²) in [6.07, 6.45) is 3.21. The van der Waals surface area contributed by atoms with Crippen LogP contribution in [0.2, 0.25) is 5.15 Å². The van der Waals surface area contributed by atoms with Gasteiger partial charge in [0.15, 0.2) is 0 Å². The van der Waals surface area contributed by atoms with E-state index in [0.29, 0.717) is 0 Å². The van der Waals surface area contributed by atoms with Crippen LogP contribution in [-0.2, 0) is 10.0 Å². The quantitative estimate of drug-likeness (QED) is 0.777. The lowest BCUT2D eigenvalue weighted by Gasteiger charge is -2.24. The molecule has 0 bridgehead atoms. The number of aromatic nitrogens is 1. The minimum atomic E-state index is -3.55. The van der Waals surface area contributed by atoms with E-state index in [4.69, 9.17) is 11.6 Å². The molecule has 17 heavy (non-hydrogen) atoms. The highest BCUT2D eigenvalue weighted by Crippen LogP contribution is 2.23. The van der Waals surface area contributed by atoms with Gasteiger partial charge in [-0.25, -0.2) is 13.4 Å². The second-order valence-electron chi connectivity index (χ2n) is 3.95. The fourth-order valence-corrected chi connectivity index (χ4v) is 3.37. The monoisotopic (exact) mass is 276 g/mol. The summed E-state index contributed by atoms with van der Waals surface area (Å²) in [5.74, 6) is 0. The summed E-state index contributed by atoms with van der Waals surface area (Å²) in [6, 6.07) is 2.98. The van der Waals surface area contributed by atoms with Gasteiger partial charge in [-0.05, 0) is 25.5 Å². The molecule has 0 saturated carbocycles. The Balaban J connectivity index is 3.08. The van der Waals surface area contributed by atoms with Crippen LogP contribution in [0.25, 0.3) is 0 Å². The van der Waals surface area contributed by atoms with E-state index in [0.717, 1.165) is 12.8 Å². The maximum atomic E-state index is 12.3. The summed E-state index contributed by atoms with van der Waals surface area (Å²) in [4.78, 5) is 3.85. The van der Waals surface area contributed by atoms with E-state index in [1.54, 1.807) is 13.1 Å². The van der Waals surface area contributed by atoms with Gasteiger partial charge in [-0.3, -0.25) is 0 Å². The van der Waals surface area contributed by atoms with Crippen LogP contribution in [0.3, 0.4) is 0 Å². The topological polar surface area (TPSA) is 50.3 Å². The van der Waals surface area contributed by atoms with Gasteiger partial charge in [-0.15, -0.1) is 0 Å². The standard InChI is InChI=1S/C11H17ClN2O2S/c1-4-6-9(2)14(3)17(15,16)10-7-5-8-13-11(10)12/h5,7-9H,4,6H2,1-3H3. The SMILES string of the molecule is CCCC(C)N(C)S(=O)(=O)c1cccnc1Cl. The molecule has 0 aromatic carbocycles. The first-order valence-electron chi connectivity index (χ1n) is 5.49. The zero-order valence-electron chi connectivity index (χ0n) is 10.2. The van der Waals surface area contributed by atoms with Crippen molar-refractivity contribution in [3.05, 3.63) is 23.5 Å². The fraction of sp³-hybridized carbons (Fsp3) is 0.545. The van der Waals surface area contributed by atoms with Crippen molar-refractivity contribution >= 4 is 21.6 Å². The van der Waals surface area contributed by atoms with E-state index >= 15 is 0 Å². The molecule has 0 aliphatic carbocycles. The number of sulfonamides is 1. The van der Waals surface area contributed by atoms with Gasteiger partial charge in [0.1, 0.15) is 10.0 Å². The van der Waals surface area contributed by atoms with Crippen molar-refractivity contribution in [2.45, 2.75) is 37.6 Å². The van der Waals surface area contributed by atoms with Crippen molar-refractivity contribution in [3.63, 3.8) is 0 Å². The van der Waals surface area contributed by atoms with Gasteiger partial charge in [0.05, 0.1) is 0 Å². The third-order valence-electron chi connectivity index (χ3n) is 2.71. The Morgan fingerprint density at radius 1 is 1.53 bits per heavy atom. The number of halogens is 1. The molecule has 0 aliphatic rings. The molecule has 1 aromatic rings. The molecule has 6 heteroatoms. The van der Waals surface area contributed by atoms with Crippen LogP contribution in [0.5, 0.6) is 0 Å². The van der Waals surface area contributed by atoms with Crippen LogP contribution in [0, 0.1) is 0 Å². The molecule has 1 aromatic heterocycles. The molecule has 96 valence electrons. The van der Waals surface area contributed by atoms with E-state index in [9.17, 15) is 8.42 Å². The van der Waals surface area contributed by atoms with Crippen molar-refractivity contribution in [2.24, 2.45) is 0 Å². The molecular formula is C11H17ClN2O2S. The Morgan fingerprint density at radius 3 is 2.71 bits per heavy atom. The smallest absolute Gasteiger partial charge is 0.243 e. The van der Waals surface area contributed by atoms with Crippen molar-refractivity contribution in [3.8, 4) is 0 Å². The van der Waals surface area contributed by atoms with Crippen LogP contribution in [-0.4, -0.2) is 30.8 Å². The minimum absolute atomic E-state index is 0.0167. The molecule has 0 saturated heterocycles. The Morgan fingerprint density at radius 2 is 2.18 bits per heavy atom. The minimum Gasteiger partial charge on any atom is -0.243 e. The average molecular weight is 277 g/mol. The van der Waals surface area contributed by atoms with Gasteiger partial charge in [0.25, 0.3) is 0 Å². The second kappa shape index (κ2) is 5.80. The lowest BCUT2D eigenvalue weighted by Crippen LogP contribution is -2.35. The Kier molecular flexibility index (Phi) is 4.91. The summed E-state index contributed by atoms with van der Waals surface area (Å²) >= 11 is 5.82. The highest BCUT2D eigenvalue weighted by molar-refractivity contribution is 7.89. The van der Waals surface area contributed by atoms with Gasteiger partial charge in [-0.1, -0.05) is 24.9 Å². The maximum Gasteiger partial charge on any atom is 0.246 e. The van der Waals surface area contributed by atoms with Crippen LogP contribution in [0.1, 0.15) is 26.7 Å². The molecule has 1 atom stereocenters. The number of rotatable bonds is 5. The molecule has 0 radical (unpaired) electrons. The van der Waals surface area contributed by atoms with Gasteiger partial charge in [0.2, 0.25) is 10.0 Å². The molecule has 0 N–H and O–H groups in total. The van der Waals surface area contributed by atoms with Gasteiger partial charge >= 0.3 is 0 Å². The van der Waals surface area contributed by atoms with E-state index in [1.807, 2.05) is 13.8 Å². The Bertz CT molecular complexity index is 476. The van der Waals surface area contributed by atoms with E-state index in [2.05, 4.69) is 4.98 Å². The molecule has 4 nitrogen and oxygen atoms in total. The van der Waals surface area contributed by atoms with Gasteiger partial charge in [0, 0.05) is 19.3 Å². The summed E-state index contributed by atoms with van der Waals surface area (Å²) in [5.41, 5.74) is 0. The van der Waals surface area contributed by atoms with Crippen molar-refractivity contribution in [2.75, 3.05) is 7.05 Å². The van der Waals surface area contributed by atoms with Crippen LogP contribution < -0.4 is 0 Å². The first-order chi connectivity index (χ1) is 7.91. The van der Waals surface area contributed by atoms with Crippen molar-refractivity contribution < 1.29 is 8.42 Å². The Labute approximate surface area is 108 Å². The Hall–Kier alpha value is -0.650. The van der Waals surface area contributed by atoms with Crippen molar-refractivity contribution in [1.29, 1.82) is 0 Å². The van der Waals surface area contributed by atoms with E-state index in [-0.39, 0.29) is 16.1 Å². The maximum absolute atomic E-state index is 12.3. The molecular weight excluding hydrogens is 260 g/mol. The summed E-state index contributed by atoms with van der Waals surface area (Å²) < 4.78 is 25.9. The third-order valence-corrected chi connectivity index (χ3v) is 5.13. The lowest BCUT2D eigenvalue weighted by molar-refractivity contribution is 0.368. The van der Waals surface area contributed by atoms with Gasteiger partial charge < -0.3 is 0 Å². The predicted octanol–water partition coefficient (Wildman–Crippen LogP) is 2.54. The first kappa shape index (κ1) is 14.4. The molecule has 0 aliphatic heterocycles. The molecule has 1 unspecified atom stereocenters. The molecule has 0 fully saturated rings. The van der Waals surface area contributed by atoms with Crippen LogP contribution in [0.15, 0.2) is 23.2 Å². The number of hydrogen-bond acceptors (Lipinski definition) is 3. The van der Waals surface area contributed by atoms with Crippen LogP contribution >= 0.6 is 11.6 Å². The zero-order chi connectivity index (χ0) is 13.1. The summed E-state index contributed by atoms with van der Waals surface area (Å²) in [6.45, 7) is 3.90. The highest BCUT2D eigenvalue weighted by Gasteiger charge is 2.27. The first-order valence-corrected chi connectivity index (χ1v) is 7.31. The van der Waals surface area contributed by atoms with E-state index < -0.39 is 10.0 Å². The predicted molar refractivity (Wildman–Crippen MR) is 68.6 cm³/mol. The fourth-order valence-electron chi connectivity index (χ4n) is 1.56. The number of pyridine rings is 1. The normalized spacial score (nSPS) is 13.9.